The molecule has 2 heterocycles. The van der Waals surface area contributed by atoms with Crippen LogP contribution in [0.1, 0.15) is 11.3 Å². The van der Waals surface area contributed by atoms with Crippen molar-refractivity contribution in [1.29, 1.82) is 5.26 Å². The summed E-state index contributed by atoms with van der Waals surface area (Å²) in [6.45, 7) is 0.149. The van der Waals surface area contributed by atoms with Crippen molar-refractivity contribution in [2.45, 2.75) is 0 Å². The van der Waals surface area contributed by atoms with Crippen molar-refractivity contribution in [2.75, 3.05) is 6.79 Å². The van der Waals surface area contributed by atoms with Gasteiger partial charge in [0.15, 0.2) is 11.5 Å². The van der Waals surface area contributed by atoms with Crippen molar-refractivity contribution in [3.63, 3.8) is 0 Å². The van der Waals surface area contributed by atoms with E-state index in [4.69, 9.17) is 25.5 Å². The van der Waals surface area contributed by atoms with E-state index in [9.17, 15) is 15.4 Å². The molecule has 0 amide bonds. The molecule has 1 aliphatic rings. The van der Waals surface area contributed by atoms with Crippen LogP contribution in [0.25, 0.3) is 23.0 Å². The largest absolute Gasteiger partial charge is 0.457 e. The zero-order valence-corrected chi connectivity index (χ0v) is 15.0. The molecule has 3 aromatic rings. The third-order valence-corrected chi connectivity index (χ3v) is 4.47. The summed E-state index contributed by atoms with van der Waals surface area (Å²) in [6, 6.07) is 14.8. The van der Waals surface area contributed by atoms with Gasteiger partial charge in [0.1, 0.15) is 11.5 Å². The molecule has 0 aliphatic carbocycles. The van der Waals surface area contributed by atoms with E-state index in [2.05, 4.69) is 6.07 Å². The van der Waals surface area contributed by atoms with Crippen LogP contribution in [0.3, 0.4) is 0 Å². The first-order chi connectivity index (χ1) is 13.5. The molecule has 0 N–H and O–H groups in total. The molecule has 0 unspecified atom stereocenters. The number of nitro benzene ring substituents is 1. The SMILES string of the molecule is N#C/C(=C/c1ccc(-c2cc([N+](=O)[O-])ccc2Cl)o1)c1ccc2c(c1)OCO2. The molecule has 2 aromatic carbocycles. The summed E-state index contributed by atoms with van der Waals surface area (Å²) in [7, 11) is 0. The minimum atomic E-state index is -0.503. The monoisotopic (exact) mass is 394 g/mol. The number of nitriles is 1. The van der Waals surface area contributed by atoms with Crippen molar-refractivity contribution in [1.82, 2.24) is 0 Å². The second-order valence-corrected chi connectivity index (χ2v) is 6.27. The van der Waals surface area contributed by atoms with E-state index in [1.54, 1.807) is 36.4 Å². The minimum absolute atomic E-state index is 0.0917. The maximum Gasteiger partial charge on any atom is 0.270 e. The Kier molecular flexibility index (Phi) is 4.47. The summed E-state index contributed by atoms with van der Waals surface area (Å²) >= 11 is 6.15. The number of rotatable bonds is 4. The van der Waals surface area contributed by atoms with Crippen molar-refractivity contribution in [2.24, 2.45) is 0 Å². The molecule has 0 saturated heterocycles. The van der Waals surface area contributed by atoms with E-state index in [-0.39, 0.29) is 12.5 Å². The number of nitro groups is 1. The van der Waals surface area contributed by atoms with Crippen molar-refractivity contribution in [3.8, 4) is 28.9 Å². The third-order valence-electron chi connectivity index (χ3n) is 4.14. The van der Waals surface area contributed by atoms with Gasteiger partial charge in [0.2, 0.25) is 6.79 Å². The van der Waals surface area contributed by atoms with Crippen LogP contribution in [0.15, 0.2) is 52.9 Å². The number of nitrogens with zero attached hydrogens (tertiary/aromatic N) is 2. The summed E-state index contributed by atoms with van der Waals surface area (Å²) in [5.41, 5.74) is 1.32. The van der Waals surface area contributed by atoms with Gasteiger partial charge < -0.3 is 13.9 Å². The molecule has 1 aromatic heterocycles. The fourth-order valence-corrected chi connectivity index (χ4v) is 2.99. The zero-order valence-electron chi connectivity index (χ0n) is 14.2. The summed E-state index contributed by atoms with van der Waals surface area (Å²) in [5.74, 6) is 1.97. The van der Waals surface area contributed by atoms with Crippen molar-refractivity contribution < 1.29 is 18.8 Å². The minimum Gasteiger partial charge on any atom is -0.457 e. The highest BCUT2D eigenvalue weighted by Crippen LogP contribution is 2.36. The molecule has 0 atom stereocenters. The van der Waals surface area contributed by atoms with Gasteiger partial charge in [-0.3, -0.25) is 10.1 Å². The molecule has 1 aliphatic heterocycles. The average Bonchev–Trinajstić information content (AvgIpc) is 3.35. The second kappa shape index (κ2) is 7.10. The first-order valence-electron chi connectivity index (χ1n) is 8.11. The Morgan fingerprint density at radius 3 is 2.75 bits per heavy atom. The van der Waals surface area contributed by atoms with Gasteiger partial charge in [-0.2, -0.15) is 5.26 Å². The Bertz CT molecular complexity index is 1160. The fraction of sp³-hybridized carbons (Fsp3) is 0.0500. The molecule has 8 heteroatoms. The molecule has 0 bridgehead atoms. The van der Waals surface area contributed by atoms with Crippen LogP contribution in [-0.2, 0) is 0 Å². The van der Waals surface area contributed by atoms with Gasteiger partial charge in [0.05, 0.1) is 21.6 Å². The van der Waals surface area contributed by atoms with E-state index >= 15 is 0 Å². The predicted molar refractivity (Wildman–Crippen MR) is 102 cm³/mol. The molecule has 0 fully saturated rings. The number of furan rings is 1. The number of hydrogen-bond donors (Lipinski definition) is 0. The van der Waals surface area contributed by atoms with Crippen LogP contribution >= 0.6 is 11.6 Å². The number of benzene rings is 2. The molecule has 0 saturated carbocycles. The summed E-state index contributed by atoms with van der Waals surface area (Å²) < 4.78 is 16.4. The highest BCUT2D eigenvalue weighted by atomic mass is 35.5. The lowest BCUT2D eigenvalue weighted by molar-refractivity contribution is -0.384. The van der Waals surface area contributed by atoms with Gasteiger partial charge in [-0.25, -0.2) is 0 Å². The molecule has 0 radical (unpaired) electrons. The number of ether oxygens (including phenoxy) is 2. The standard InChI is InChI=1S/C20H11ClN2O5/c21-17-4-2-14(23(24)25)9-16(17)18-6-3-15(28-18)7-13(10-22)12-1-5-19-20(8-12)27-11-26-19/h1-9H,11H2/b13-7-. The molecule has 28 heavy (non-hydrogen) atoms. The molecule has 7 nitrogen and oxygen atoms in total. The molecule has 4 rings (SSSR count). The number of non-ortho nitro benzene ring substituents is 1. The Labute approximate surface area is 164 Å². The van der Waals surface area contributed by atoms with E-state index in [1.807, 2.05) is 0 Å². The normalized spacial score (nSPS) is 12.6. The molecular weight excluding hydrogens is 384 g/mol. The Morgan fingerprint density at radius 2 is 1.96 bits per heavy atom. The smallest absolute Gasteiger partial charge is 0.270 e. The number of fused-ring (bicyclic) bond motifs is 1. The van der Waals surface area contributed by atoms with Crippen LogP contribution in [-0.4, -0.2) is 11.7 Å². The van der Waals surface area contributed by atoms with E-state index in [0.717, 1.165) is 0 Å². The lowest BCUT2D eigenvalue weighted by atomic mass is 10.1. The lowest BCUT2D eigenvalue weighted by Crippen LogP contribution is -1.92. The van der Waals surface area contributed by atoms with Gasteiger partial charge in [0, 0.05) is 17.7 Å². The molecular formula is C20H11ClN2O5. The number of hydrogen-bond acceptors (Lipinski definition) is 6. The first kappa shape index (κ1) is 17.6. The van der Waals surface area contributed by atoms with Crippen molar-refractivity contribution in [3.05, 3.63) is 75.0 Å². The highest BCUT2D eigenvalue weighted by molar-refractivity contribution is 6.33. The van der Waals surface area contributed by atoms with E-state index < -0.39 is 4.92 Å². The van der Waals surface area contributed by atoms with E-state index in [0.29, 0.717) is 44.7 Å². The Hall–Kier alpha value is -3.76. The maximum absolute atomic E-state index is 11.0. The predicted octanol–water partition coefficient (Wildman–Crippen LogP) is 5.30. The van der Waals surface area contributed by atoms with E-state index in [1.165, 1.54) is 18.2 Å². The number of halogens is 1. The van der Waals surface area contributed by atoms with Crippen LogP contribution in [0.4, 0.5) is 5.69 Å². The second-order valence-electron chi connectivity index (χ2n) is 5.86. The summed E-state index contributed by atoms with van der Waals surface area (Å²) in [6.07, 6.45) is 1.58. The molecule has 0 spiro atoms. The van der Waals surface area contributed by atoms with Crippen LogP contribution in [0.5, 0.6) is 11.5 Å². The molecule has 138 valence electrons. The van der Waals surface area contributed by atoms with Crippen LogP contribution < -0.4 is 9.47 Å². The van der Waals surface area contributed by atoms with Crippen LogP contribution in [0.2, 0.25) is 5.02 Å². The van der Waals surface area contributed by atoms with Crippen molar-refractivity contribution >= 4 is 28.9 Å². The number of allylic oxidation sites excluding steroid dienone is 1. The van der Waals surface area contributed by atoms with Gasteiger partial charge in [-0.15, -0.1) is 0 Å². The van der Waals surface area contributed by atoms with Gasteiger partial charge in [0.25, 0.3) is 5.69 Å². The van der Waals surface area contributed by atoms with Gasteiger partial charge in [-0.1, -0.05) is 11.6 Å². The Balaban J connectivity index is 1.68. The lowest BCUT2D eigenvalue weighted by Gasteiger charge is -2.02. The quantitative estimate of drug-likeness (QED) is 0.338. The topological polar surface area (TPSA) is 98.5 Å². The van der Waals surface area contributed by atoms with Gasteiger partial charge >= 0.3 is 0 Å². The van der Waals surface area contributed by atoms with Gasteiger partial charge in [-0.05, 0) is 48.0 Å². The van der Waals surface area contributed by atoms with Crippen LogP contribution in [0, 0.1) is 21.4 Å². The maximum atomic E-state index is 11.0. The average molecular weight is 395 g/mol. The summed E-state index contributed by atoms with van der Waals surface area (Å²) in [4.78, 5) is 10.5. The summed E-state index contributed by atoms with van der Waals surface area (Å²) in [5, 5.41) is 20.8. The first-order valence-corrected chi connectivity index (χ1v) is 8.49. The highest BCUT2D eigenvalue weighted by Gasteiger charge is 2.16. The third kappa shape index (κ3) is 3.29. The zero-order chi connectivity index (χ0) is 19.7. The fourth-order valence-electron chi connectivity index (χ4n) is 2.78. The Morgan fingerprint density at radius 1 is 1.14 bits per heavy atom.